The van der Waals surface area contributed by atoms with Crippen molar-refractivity contribution in [1.82, 2.24) is 4.98 Å². The van der Waals surface area contributed by atoms with Gasteiger partial charge in [-0.1, -0.05) is 6.07 Å². The van der Waals surface area contributed by atoms with Gasteiger partial charge >= 0.3 is 5.97 Å². The van der Waals surface area contributed by atoms with Gasteiger partial charge < -0.3 is 19.8 Å². The molecule has 0 radical (unpaired) electrons. The number of benzene rings is 2. The molecule has 150 valence electrons. The molecule has 1 aromatic heterocycles. The van der Waals surface area contributed by atoms with Crippen LogP contribution in [0.5, 0.6) is 5.75 Å². The van der Waals surface area contributed by atoms with Gasteiger partial charge in [-0.15, -0.1) is 0 Å². The molecule has 6 nitrogen and oxygen atoms in total. The van der Waals surface area contributed by atoms with Crippen LogP contribution in [-0.4, -0.2) is 41.4 Å². The van der Waals surface area contributed by atoms with Gasteiger partial charge in [0, 0.05) is 18.5 Å². The maximum Gasteiger partial charge on any atom is 0.306 e. The number of aliphatic carboxylic acids is 1. The fourth-order valence-corrected chi connectivity index (χ4v) is 3.86. The quantitative estimate of drug-likeness (QED) is 0.689. The van der Waals surface area contributed by atoms with Gasteiger partial charge in [0.1, 0.15) is 11.6 Å². The number of hydrogen-bond acceptors (Lipinski definition) is 5. The van der Waals surface area contributed by atoms with E-state index >= 15 is 0 Å². The van der Waals surface area contributed by atoms with E-state index in [2.05, 4.69) is 17.0 Å². The third-order valence-corrected chi connectivity index (χ3v) is 5.56. The average Bonchev–Trinajstić information content (AvgIpc) is 2.78. The fourth-order valence-electron chi connectivity index (χ4n) is 3.86. The molecule has 1 fully saturated rings. The summed E-state index contributed by atoms with van der Waals surface area (Å²) in [5.41, 5.74) is 3.72. The third kappa shape index (κ3) is 4.03. The number of ether oxygens (including phenoxy) is 1. The van der Waals surface area contributed by atoms with Gasteiger partial charge in [-0.05, 0) is 72.0 Å². The van der Waals surface area contributed by atoms with Gasteiger partial charge in [-0.3, -0.25) is 4.79 Å². The highest BCUT2D eigenvalue weighted by Gasteiger charge is 2.25. The lowest BCUT2D eigenvalue weighted by Gasteiger charge is -2.31. The summed E-state index contributed by atoms with van der Waals surface area (Å²) in [5.74, 6) is 0.648. The molecule has 6 heteroatoms. The molecule has 1 aliphatic heterocycles. The second kappa shape index (κ2) is 8.09. The summed E-state index contributed by atoms with van der Waals surface area (Å²) in [6.07, 6.45) is 1.30. The Hall–Kier alpha value is -3.12. The van der Waals surface area contributed by atoms with Crippen molar-refractivity contribution < 1.29 is 19.7 Å². The molecule has 4 rings (SSSR count). The predicted molar refractivity (Wildman–Crippen MR) is 112 cm³/mol. The molecule has 0 aliphatic carbocycles. The van der Waals surface area contributed by atoms with E-state index in [1.54, 1.807) is 7.11 Å². The first kappa shape index (κ1) is 19.2. The van der Waals surface area contributed by atoms with E-state index in [1.165, 1.54) is 0 Å². The topological polar surface area (TPSA) is 82.9 Å². The zero-order valence-electron chi connectivity index (χ0n) is 16.3. The van der Waals surface area contributed by atoms with Gasteiger partial charge in [0.05, 0.1) is 25.2 Å². The molecule has 0 atom stereocenters. The fraction of sp³-hybridized carbons (Fsp3) is 0.304. The summed E-state index contributed by atoms with van der Waals surface area (Å²) in [7, 11) is 1.62. The van der Waals surface area contributed by atoms with Crippen LogP contribution in [0.15, 0.2) is 48.5 Å². The molecular formula is C23H24N2O4. The SMILES string of the molecule is COc1cc(CO)cc(-c2ccc3nc(N4CCC(C(=O)O)CC4)ccc3c2)c1. The summed E-state index contributed by atoms with van der Waals surface area (Å²) in [6.45, 7) is 1.38. The number of methoxy groups -OCH3 is 1. The number of pyridine rings is 1. The zero-order chi connectivity index (χ0) is 20.4. The Balaban J connectivity index is 1.60. The number of anilines is 1. The van der Waals surface area contributed by atoms with Crippen molar-refractivity contribution in [1.29, 1.82) is 0 Å². The van der Waals surface area contributed by atoms with Gasteiger partial charge in [0.25, 0.3) is 0 Å². The second-order valence-electron chi connectivity index (χ2n) is 7.40. The Morgan fingerprint density at radius 3 is 2.59 bits per heavy atom. The Labute approximate surface area is 169 Å². The standard InChI is InChI=1S/C23H24N2O4/c1-29-20-11-15(14-26)10-19(13-20)17-2-4-21-18(12-17)3-5-22(24-21)25-8-6-16(7-9-25)23(27)28/h2-5,10-13,16,26H,6-9,14H2,1H3,(H,27,28). The largest absolute Gasteiger partial charge is 0.497 e. The van der Waals surface area contributed by atoms with E-state index < -0.39 is 5.97 Å². The second-order valence-corrected chi connectivity index (χ2v) is 7.40. The number of carboxylic acids is 1. The van der Waals surface area contributed by atoms with Crippen LogP contribution in [0, 0.1) is 5.92 Å². The molecule has 3 aromatic rings. The van der Waals surface area contributed by atoms with E-state index in [1.807, 2.05) is 36.4 Å². The Kier molecular flexibility index (Phi) is 5.36. The van der Waals surface area contributed by atoms with E-state index in [9.17, 15) is 9.90 Å². The minimum atomic E-state index is -0.703. The maximum absolute atomic E-state index is 11.1. The highest BCUT2D eigenvalue weighted by atomic mass is 16.5. The highest BCUT2D eigenvalue weighted by Crippen LogP contribution is 2.30. The number of piperidine rings is 1. The lowest BCUT2D eigenvalue weighted by atomic mass is 9.97. The van der Waals surface area contributed by atoms with Crippen LogP contribution in [0.4, 0.5) is 5.82 Å². The number of nitrogens with zero attached hydrogens (tertiary/aromatic N) is 2. The van der Waals surface area contributed by atoms with Gasteiger partial charge in [0.15, 0.2) is 0 Å². The van der Waals surface area contributed by atoms with Gasteiger partial charge in [0.2, 0.25) is 0 Å². The molecule has 0 bridgehead atoms. The predicted octanol–water partition coefficient (Wildman–Crippen LogP) is 3.70. The Morgan fingerprint density at radius 1 is 1.10 bits per heavy atom. The van der Waals surface area contributed by atoms with Crippen molar-refractivity contribution in [2.24, 2.45) is 5.92 Å². The summed E-state index contributed by atoms with van der Waals surface area (Å²) in [4.78, 5) is 18.1. The van der Waals surface area contributed by atoms with Crippen LogP contribution in [0.1, 0.15) is 18.4 Å². The minimum absolute atomic E-state index is 0.0404. The van der Waals surface area contributed by atoms with Crippen LogP contribution in [0.3, 0.4) is 0 Å². The first-order valence-corrected chi connectivity index (χ1v) is 9.75. The first-order valence-electron chi connectivity index (χ1n) is 9.75. The molecule has 29 heavy (non-hydrogen) atoms. The third-order valence-electron chi connectivity index (χ3n) is 5.56. The van der Waals surface area contributed by atoms with E-state index in [-0.39, 0.29) is 12.5 Å². The van der Waals surface area contributed by atoms with Crippen LogP contribution in [0.25, 0.3) is 22.0 Å². The number of rotatable bonds is 5. The van der Waals surface area contributed by atoms with Crippen molar-refractivity contribution in [3.63, 3.8) is 0 Å². The Bertz CT molecular complexity index is 1020. The van der Waals surface area contributed by atoms with Gasteiger partial charge in [-0.25, -0.2) is 4.98 Å². The van der Waals surface area contributed by atoms with E-state index in [0.717, 1.165) is 33.4 Å². The smallest absolute Gasteiger partial charge is 0.306 e. The van der Waals surface area contributed by atoms with Crippen LogP contribution in [-0.2, 0) is 11.4 Å². The maximum atomic E-state index is 11.1. The molecular weight excluding hydrogens is 368 g/mol. The highest BCUT2D eigenvalue weighted by molar-refractivity contribution is 5.86. The molecule has 0 spiro atoms. The summed E-state index contributed by atoms with van der Waals surface area (Å²) >= 11 is 0. The monoisotopic (exact) mass is 392 g/mol. The number of hydrogen-bond donors (Lipinski definition) is 2. The minimum Gasteiger partial charge on any atom is -0.497 e. The molecule has 2 aromatic carbocycles. The van der Waals surface area contributed by atoms with Gasteiger partial charge in [-0.2, -0.15) is 0 Å². The Morgan fingerprint density at radius 2 is 1.90 bits per heavy atom. The average molecular weight is 392 g/mol. The number of fused-ring (bicyclic) bond motifs is 1. The number of aromatic nitrogens is 1. The van der Waals surface area contributed by atoms with Crippen molar-refractivity contribution in [2.45, 2.75) is 19.4 Å². The zero-order valence-corrected chi connectivity index (χ0v) is 16.3. The number of carbonyl (C=O) groups is 1. The number of carboxylic acid groups (broad SMARTS) is 1. The van der Waals surface area contributed by atoms with Crippen molar-refractivity contribution in [2.75, 3.05) is 25.1 Å². The lowest BCUT2D eigenvalue weighted by molar-refractivity contribution is -0.142. The van der Waals surface area contributed by atoms with Crippen molar-refractivity contribution in [3.8, 4) is 16.9 Å². The normalized spacial score (nSPS) is 14.9. The number of aliphatic hydroxyl groups is 1. The van der Waals surface area contributed by atoms with Crippen molar-refractivity contribution in [3.05, 3.63) is 54.1 Å². The van der Waals surface area contributed by atoms with Crippen molar-refractivity contribution >= 4 is 22.7 Å². The van der Waals surface area contributed by atoms with Crippen LogP contribution < -0.4 is 9.64 Å². The molecule has 2 heterocycles. The molecule has 1 aliphatic rings. The van der Waals surface area contributed by atoms with Crippen LogP contribution >= 0.6 is 0 Å². The van der Waals surface area contributed by atoms with E-state index in [0.29, 0.717) is 31.7 Å². The summed E-state index contributed by atoms with van der Waals surface area (Å²) in [5, 5.41) is 19.7. The number of aliphatic hydroxyl groups excluding tert-OH is 1. The van der Waals surface area contributed by atoms with Crippen LogP contribution in [0.2, 0.25) is 0 Å². The molecule has 1 saturated heterocycles. The van der Waals surface area contributed by atoms with E-state index in [4.69, 9.17) is 14.8 Å². The summed E-state index contributed by atoms with van der Waals surface area (Å²) < 4.78 is 5.35. The molecule has 2 N–H and O–H groups in total. The molecule has 0 saturated carbocycles. The molecule has 0 amide bonds. The lowest BCUT2D eigenvalue weighted by Crippen LogP contribution is -2.36. The molecule has 0 unspecified atom stereocenters. The first-order chi connectivity index (χ1) is 14.1. The summed E-state index contributed by atoms with van der Waals surface area (Å²) in [6, 6.07) is 15.9.